The molecule has 1 heterocycles. The second kappa shape index (κ2) is 6.03. The molecule has 1 atom stereocenters. The fourth-order valence-corrected chi connectivity index (χ4v) is 2.38. The second-order valence-corrected chi connectivity index (χ2v) is 4.25. The summed E-state index contributed by atoms with van der Waals surface area (Å²) in [6.07, 6.45) is 1.41. The minimum atomic E-state index is 0. The average Bonchev–Trinajstić information content (AvgIpc) is 2.30. The van der Waals surface area contributed by atoms with Crippen LogP contribution in [0.25, 0.3) is 0 Å². The van der Waals surface area contributed by atoms with Gasteiger partial charge in [0.15, 0.2) is 0 Å². The molecule has 0 saturated carbocycles. The van der Waals surface area contributed by atoms with Crippen LogP contribution in [0.3, 0.4) is 0 Å². The number of carbonyl (C=O) groups excluding carboxylic acids is 1. The van der Waals surface area contributed by atoms with Crippen LogP contribution in [-0.4, -0.2) is 23.9 Å². The van der Waals surface area contributed by atoms with Crippen molar-refractivity contribution in [1.82, 2.24) is 4.90 Å². The zero-order valence-electron chi connectivity index (χ0n) is 10.1. The van der Waals surface area contributed by atoms with Crippen molar-refractivity contribution in [2.45, 2.75) is 25.8 Å². The fourth-order valence-electron chi connectivity index (χ4n) is 2.38. The number of nitrogens with zero attached hydrogens (tertiary/aromatic N) is 1. The summed E-state index contributed by atoms with van der Waals surface area (Å²) in [5, 5.41) is 0. The summed E-state index contributed by atoms with van der Waals surface area (Å²) >= 11 is 0. The van der Waals surface area contributed by atoms with Crippen molar-refractivity contribution in [3.63, 3.8) is 0 Å². The van der Waals surface area contributed by atoms with Gasteiger partial charge in [0.05, 0.1) is 6.04 Å². The SMILES string of the molecule is CC1c2ccccc2CCN1C(=O)CCN.Cl. The zero-order valence-corrected chi connectivity index (χ0v) is 10.9. The summed E-state index contributed by atoms with van der Waals surface area (Å²) in [4.78, 5) is 13.8. The number of amides is 1. The Morgan fingerprint density at radius 2 is 2.18 bits per heavy atom. The molecular formula is C13H19ClN2O. The Morgan fingerprint density at radius 1 is 1.47 bits per heavy atom. The van der Waals surface area contributed by atoms with Crippen LogP contribution in [-0.2, 0) is 11.2 Å². The van der Waals surface area contributed by atoms with E-state index in [0.717, 1.165) is 13.0 Å². The van der Waals surface area contributed by atoms with Crippen LogP contribution in [0.1, 0.15) is 30.5 Å². The second-order valence-electron chi connectivity index (χ2n) is 4.25. The molecule has 0 aliphatic carbocycles. The average molecular weight is 255 g/mol. The Labute approximate surface area is 108 Å². The standard InChI is InChI=1S/C13H18N2O.ClH/c1-10-12-5-3-2-4-11(12)7-9-15(10)13(16)6-8-14;/h2-5,10H,6-9,14H2,1H3;1H. The number of carbonyl (C=O) groups is 1. The van der Waals surface area contributed by atoms with E-state index in [0.29, 0.717) is 13.0 Å². The molecule has 2 rings (SSSR count). The highest BCUT2D eigenvalue weighted by Gasteiger charge is 2.26. The third kappa shape index (κ3) is 2.79. The predicted molar refractivity (Wildman–Crippen MR) is 71.2 cm³/mol. The van der Waals surface area contributed by atoms with Crippen LogP contribution >= 0.6 is 12.4 Å². The molecule has 3 nitrogen and oxygen atoms in total. The minimum absolute atomic E-state index is 0. The predicted octanol–water partition coefficient (Wildman–Crippen LogP) is 1.90. The van der Waals surface area contributed by atoms with E-state index in [-0.39, 0.29) is 24.4 Å². The number of halogens is 1. The molecule has 1 aliphatic rings. The van der Waals surface area contributed by atoms with Gasteiger partial charge in [-0.3, -0.25) is 4.79 Å². The first-order valence-electron chi connectivity index (χ1n) is 5.81. The molecule has 1 aromatic carbocycles. The van der Waals surface area contributed by atoms with Crippen LogP contribution in [0.4, 0.5) is 0 Å². The molecule has 0 bridgehead atoms. The zero-order chi connectivity index (χ0) is 11.5. The van der Waals surface area contributed by atoms with Crippen molar-refractivity contribution >= 4 is 18.3 Å². The Hall–Kier alpha value is -1.06. The highest BCUT2D eigenvalue weighted by Crippen LogP contribution is 2.29. The van der Waals surface area contributed by atoms with E-state index in [9.17, 15) is 4.79 Å². The van der Waals surface area contributed by atoms with Gasteiger partial charge in [0, 0.05) is 19.5 Å². The molecule has 0 aromatic heterocycles. The van der Waals surface area contributed by atoms with E-state index in [4.69, 9.17) is 5.73 Å². The maximum atomic E-state index is 11.9. The van der Waals surface area contributed by atoms with Gasteiger partial charge in [-0.1, -0.05) is 24.3 Å². The van der Waals surface area contributed by atoms with Gasteiger partial charge in [0.25, 0.3) is 0 Å². The Bertz CT molecular complexity index is 395. The Kier molecular flexibility index (Phi) is 4.97. The Morgan fingerprint density at radius 3 is 2.88 bits per heavy atom. The van der Waals surface area contributed by atoms with E-state index < -0.39 is 0 Å². The van der Waals surface area contributed by atoms with Crippen molar-refractivity contribution in [2.75, 3.05) is 13.1 Å². The lowest BCUT2D eigenvalue weighted by Gasteiger charge is -2.35. The van der Waals surface area contributed by atoms with E-state index in [1.807, 2.05) is 11.0 Å². The molecule has 0 radical (unpaired) electrons. The highest BCUT2D eigenvalue weighted by atomic mass is 35.5. The van der Waals surface area contributed by atoms with Gasteiger partial charge in [-0.2, -0.15) is 0 Å². The van der Waals surface area contributed by atoms with Gasteiger partial charge < -0.3 is 10.6 Å². The van der Waals surface area contributed by atoms with Gasteiger partial charge in [0.1, 0.15) is 0 Å². The lowest BCUT2D eigenvalue weighted by Crippen LogP contribution is -2.39. The molecule has 1 amide bonds. The lowest BCUT2D eigenvalue weighted by molar-refractivity contribution is -0.133. The van der Waals surface area contributed by atoms with Gasteiger partial charge in [0.2, 0.25) is 5.91 Å². The van der Waals surface area contributed by atoms with Gasteiger partial charge in [-0.15, -0.1) is 12.4 Å². The third-order valence-corrected chi connectivity index (χ3v) is 3.27. The number of nitrogens with two attached hydrogens (primary N) is 1. The molecule has 0 saturated heterocycles. The number of hydrogen-bond acceptors (Lipinski definition) is 2. The van der Waals surface area contributed by atoms with Crippen molar-refractivity contribution in [3.05, 3.63) is 35.4 Å². The van der Waals surface area contributed by atoms with Crippen molar-refractivity contribution in [3.8, 4) is 0 Å². The quantitative estimate of drug-likeness (QED) is 0.876. The summed E-state index contributed by atoms with van der Waals surface area (Å²) in [5.41, 5.74) is 8.07. The molecule has 0 fully saturated rings. The van der Waals surface area contributed by atoms with Crippen molar-refractivity contribution < 1.29 is 4.79 Å². The minimum Gasteiger partial charge on any atom is -0.336 e. The van der Waals surface area contributed by atoms with Crippen LogP contribution in [0.5, 0.6) is 0 Å². The monoisotopic (exact) mass is 254 g/mol. The number of benzene rings is 1. The van der Waals surface area contributed by atoms with Gasteiger partial charge >= 0.3 is 0 Å². The molecule has 17 heavy (non-hydrogen) atoms. The summed E-state index contributed by atoms with van der Waals surface area (Å²) in [6.45, 7) is 3.34. The molecular weight excluding hydrogens is 236 g/mol. The maximum Gasteiger partial charge on any atom is 0.224 e. The lowest BCUT2D eigenvalue weighted by atomic mass is 9.93. The molecule has 2 N–H and O–H groups in total. The van der Waals surface area contributed by atoms with Crippen LogP contribution in [0.15, 0.2) is 24.3 Å². The van der Waals surface area contributed by atoms with Crippen LogP contribution in [0.2, 0.25) is 0 Å². The van der Waals surface area contributed by atoms with Crippen LogP contribution < -0.4 is 5.73 Å². The van der Waals surface area contributed by atoms with Gasteiger partial charge in [-0.25, -0.2) is 0 Å². The molecule has 94 valence electrons. The fraction of sp³-hybridized carbons (Fsp3) is 0.462. The summed E-state index contributed by atoms with van der Waals surface area (Å²) in [7, 11) is 0. The van der Waals surface area contributed by atoms with E-state index in [1.54, 1.807) is 0 Å². The smallest absolute Gasteiger partial charge is 0.224 e. The molecule has 1 aliphatic heterocycles. The first kappa shape index (κ1) is 14.0. The molecule has 0 spiro atoms. The highest BCUT2D eigenvalue weighted by molar-refractivity contribution is 5.85. The number of hydrogen-bond donors (Lipinski definition) is 1. The van der Waals surface area contributed by atoms with Crippen LogP contribution in [0, 0.1) is 0 Å². The van der Waals surface area contributed by atoms with E-state index >= 15 is 0 Å². The summed E-state index contributed by atoms with van der Waals surface area (Å²) in [6, 6.07) is 8.54. The number of fused-ring (bicyclic) bond motifs is 1. The van der Waals surface area contributed by atoms with Gasteiger partial charge in [-0.05, 0) is 24.5 Å². The number of rotatable bonds is 2. The maximum absolute atomic E-state index is 11.9. The Balaban J connectivity index is 0.00000144. The molecule has 4 heteroatoms. The molecule has 1 unspecified atom stereocenters. The third-order valence-electron chi connectivity index (χ3n) is 3.27. The first-order chi connectivity index (χ1) is 7.74. The summed E-state index contributed by atoms with van der Waals surface area (Å²) in [5.74, 6) is 0.171. The van der Waals surface area contributed by atoms with Crippen molar-refractivity contribution in [1.29, 1.82) is 0 Å². The largest absolute Gasteiger partial charge is 0.336 e. The van der Waals surface area contributed by atoms with E-state index in [1.165, 1.54) is 11.1 Å². The van der Waals surface area contributed by atoms with Crippen molar-refractivity contribution in [2.24, 2.45) is 5.73 Å². The first-order valence-corrected chi connectivity index (χ1v) is 5.81. The topological polar surface area (TPSA) is 46.3 Å². The summed E-state index contributed by atoms with van der Waals surface area (Å²) < 4.78 is 0. The van der Waals surface area contributed by atoms with E-state index in [2.05, 4.69) is 25.1 Å². The normalized spacial score (nSPS) is 18.2. The molecule has 1 aromatic rings.